The van der Waals surface area contributed by atoms with E-state index in [0.29, 0.717) is 29.5 Å². The maximum absolute atomic E-state index is 11.4. The Kier molecular flexibility index (Phi) is 5.10. The molecule has 9 heteroatoms. The number of anilines is 5. The molecule has 1 aromatic carbocycles. The molecule has 0 aliphatic rings. The molecule has 3 aromatic rings. The van der Waals surface area contributed by atoms with E-state index in [1.54, 1.807) is 19.9 Å². The van der Waals surface area contributed by atoms with Crippen molar-refractivity contribution in [3.05, 3.63) is 36.0 Å². The standard InChI is InChI=1S/C19H25N7O2/c1-11-5-6-13(7-14(11)23-12(2)27)24-17-8-15(22-10-19(3,4)28)18-21-9-16(20)26(18)25-17/h5-9,22,28H,10,20H2,1-4H3,(H,23,27)(H,24,25). The predicted molar refractivity (Wildman–Crippen MR) is 111 cm³/mol. The van der Waals surface area contributed by atoms with Gasteiger partial charge in [-0.2, -0.15) is 4.52 Å². The average molecular weight is 383 g/mol. The zero-order chi connectivity index (χ0) is 20.5. The Hall–Kier alpha value is -3.33. The van der Waals surface area contributed by atoms with Crippen molar-refractivity contribution in [1.82, 2.24) is 14.6 Å². The number of hydrogen-bond acceptors (Lipinski definition) is 7. The summed E-state index contributed by atoms with van der Waals surface area (Å²) in [4.78, 5) is 15.7. The fourth-order valence-electron chi connectivity index (χ4n) is 2.66. The van der Waals surface area contributed by atoms with Crippen LogP contribution in [0.4, 0.5) is 28.7 Å². The van der Waals surface area contributed by atoms with Crippen molar-refractivity contribution in [2.45, 2.75) is 33.3 Å². The maximum atomic E-state index is 11.4. The van der Waals surface area contributed by atoms with Crippen molar-refractivity contribution in [1.29, 1.82) is 0 Å². The molecular formula is C19H25N7O2. The summed E-state index contributed by atoms with van der Waals surface area (Å²) >= 11 is 0. The molecule has 0 atom stereocenters. The molecule has 0 saturated carbocycles. The Morgan fingerprint density at radius 3 is 2.71 bits per heavy atom. The van der Waals surface area contributed by atoms with Gasteiger partial charge in [0.1, 0.15) is 5.82 Å². The van der Waals surface area contributed by atoms with Crippen LogP contribution in [0, 0.1) is 6.92 Å². The SMILES string of the molecule is CC(=O)Nc1cc(Nc2cc(NCC(C)(C)O)c3ncc(N)n3n2)ccc1C. The number of nitrogen functional groups attached to an aromatic ring is 1. The molecule has 0 radical (unpaired) electrons. The number of rotatable bonds is 6. The van der Waals surface area contributed by atoms with Gasteiger partial charge in [-0.1, -0.05) is 6.07 Å². The second-order valence-corrected chi connectivity index (χ2v) is 7.36. The van der Waals surface area contributed by atoms with Crippen LogP contribution < -0.4 is 21.7 Å². The number of aromatic nitrogens is 3. The number of fused-ring (bicyclic) bond motifs is 1. The number of benzene rings is 1. The average Bonchev–Trinajstić information content (AvgIpc) is 2.96. The summed E-state index contributed by atoms with van der Waals surface area (Å²) in [6, 6.07) is 7.44. The number of imidazole rings is 1. The number of amides is 1. The van der Waals surface area contributed by atoms with E-state index in [1.165, 1.54) is 17.6 Å². The van der Waals surface area contributed by atoms with Crippen LogP contribution in [0.15, 0.2) is 30.5 Å². The molecule has 2 aromatic heterocycles. The molecule has 0 unspecified atom stereocenters. The summed E-state index contributed by atoms with van der Waals surface area (Å²) in [5, 5.41) is 23.7. The molecule has 3 rings (SSSR count). The number of aryl methyl sites for hydroxylation is 1. The lowest BCUT2D eigenvalue weighted by Gasteiger charge is -2.19. The molecule has 0 aliphatic carbocycles. The van der Waals surface area contributed by atoms with Crippen LogP contribution in [0.2, 0.25) is 0 Å². The van der Waals surface area contributed by atoms with Crippen LogP contribution in [-0.2, 0) is 4.79 Å². The van der Waals surface area contributed by atoms with Gasteiger partial charge in [0.15, 0.2) is 11.5 Å². The Morgan fingerprint density at radius 1 is 1.29 bits per heavy atom. The molecule has 0 spiro atoms. The lowest BCUT2D eigenvalue weighted by Crippen LogP contribution is -2.29. The monoisotopic (exact) mass is 383 g/mol. The lowest BCUT2D eigenvalue weighted by molar-refractivity contribution is -0.114. The first-order valence-electron chi connectivity index (χ1n) is 8.88. The number of nitrogens with zero attached hydrogens (tertiary/aromatic N) is 3. The molecule has 6 N–H and O–H groups in total. The van der Waals surface area contributed by atoms with E-state index in [4.69, 9.17) is 5.73 Å². The van der Waals surface area contributed by atoms with Crippen molar-refractivity contribution in [2.24, 2.45) is 0 Å². The fraction of sp³-hybridized carbons (Fsp3) is 0.316. The van der Waals surface area contributed by atoms with Crippen LogP contribution in [0.1, 0.15) is 26.3 Å². The highest BCUT2D eigenvalue weighted by molar-refractivity contribution is 5.90. The summed E-state index contributed by atoms with van der Waals surface area (Å²) in [6.45, 7) is 7.15. The van der Waals surface area contributed by atoms with Gasteiger partial charge in [0.05, 0.1) is 17.5 Å². The highest BCUT2D eigenvalue weighted by Gasteiger charge is 2.15. The number of carbonyl (C=O) groups excluding carboxylic acids is 1. The summed E-state index contributed by atoms with van der Waals surface area (Å²) in [5.74, 6) is 0.796. The van der Waals surface area contributed by atoms with Gasteiger partial charge in [-0.15, -0.1) is 5.10 Å². The Labute approximate surface area is 163 Å². The molecule has 0 saturated heterocycles. The zero-order valence-corrected chi connectivity index (χ0v) is 16.4. The normalized spacial score (nSPS) is 11.5. The van der Waals surface area contributed by atoms with E-state index in [1.807, 2.05) is 25.1 Å². The number of hydrogen-bond donors (Lipinski definition) is 5. The van der Waals surface area contributed by atoms with E-state index >= 15 is 0 Å². The van der Waals surface area contributed by atoms with Crippen molar-refractivity contribution in [2.75, 3.05) is 28.2 Å². The third-order valence-electron chi connectivity index (χ3n) is 4.03. The second kappa shape index (κ2) is 7.35. The van der Waals surface area contributed by atoms with Crippen molar-refractivity contribution >= 4 is 40.3 Å². The van der Waals surface area contributed by atoms with Crippen LogP contribution in [0.3, 0.4) is 0 Å². The van der Waals surface area contributed by atoms with Crippen molar-refractivity contribution in [3.63, 3.8) is 0 Å². The van der Waals surface area contributed by atoms with Gasteiger partial charge in [0.25, 0.3) is 0 Å². The second-order valence-electron chi connectivity index (χ2n) is 7.36. The minimum Gasteiger partial charge on any atom is -0.389 e. The van der Waals surface area contributed by atoms with E-state index in [0.717, 1.165) is 16.9 Å². The number of aliphatic hydroxyl groups is 1. The Bertz CT molecular complexity index is 1020. The Morgan fingerprint density at radius 2 is 2.04 bits per heavy atom. The van der Waals surface area contributed by atoms with Gasteiger partial charge in [-0.05, 0) is 38.5 Å². The molecule has 1 amide bonds. The third-order valence-corrected chi connectivity index (χ3v) is 4.03. The molecule has 9 nitrogen and oxygen atoms in total. The molecule has 28 heavy (non-hydrogen) atoms. The lowest BCUT2D eigenvalue weighted by atomic mass is 10.1. The minimum atomic E-state index is -0.893. The largest absolute Gasteiger partial charge is 0.389 e. The van der Waals surface area contributed by atoms with Gasteiger partial charge in [-0.3, -0.25) is 4.79 Å². The van der Waals surface area contributed by atoms with E-state index < -0.39 is 5.60 Å². The van der Waals surface area contributed by atoms with E-state index in [2.05, 4.69) is 26.0 Å². The maximum Gasteiger partial charge on any atom is 0.221 e. The topological polar surface area (TPSA) is 130 Å². The number of carbonyl (C=O) groups is 1. The summed E-state index contributed by atoms with van der Waals surface area (Å²) in [5.41, 5.74) is 8.77. The highest BCUT2D eigenvalue weighted by atomic mass is 16.3. The van der Waals surface area contributed by atoms with Crippen LogP contribution in [0.5, 0.6) is 0 Å². The van der Waals surface area contributed by atoms with Crippen LogP contribution in [-0.4, -0.2) is 37.8 Å². The first-order chi connectivity index (χ1) is 13.1. The van der Waals surface area contributed by atoms with E-state index in [-0.39, 0.29) is 5.91 Å². The molecular weight excluding hydrogens is 358 g/mol. The molecule has 148 valence electrons. The number of nitrogens with one attached hydrogen (secondary N) is 3. The molecule has 0 bridgehead atoms. The van der Waals surface area contributed by atoms with Crippen LogP contribution in [0.25, 0.3) is 5.65 Å². The zero-order valence-electron chi connectivity index (χ0n) is 16.4. The smallest absolute Gasteiger partial charge is 0.221 e. The number of nitrogens with two attached hydrogens (primary N) is 1. The summed E-state index contributed by atoms with van der Waals surface area (Å²) in [6.07, 6.45) is 1.53. The highest BCUT2D eigenvalue weighted by Crippen LogP contribution is 2.26. The van der Waals surface area contributed by atoms with Gasteiger partial charge >= 0.3 is 0 Å². The van der Waals surface area contributed by atoms with E-state index in [9.17, 15) is 9.90 Å². The summed E-state index contributed by atoms with van der Waals surface area (Å²) in [7, 11) is 0. The minimum absolute atomic E-state index is 0.135. The first-order valence-corrected chi connectivity index (χ1v) is 8.88. The quantitative estimate of drug-likeness (QED) is 0.442. The molecule has 0 fully saturated rings. The van der Waals surface area contributed by atoms with Gasteiger partial charge in [-0.25, -0.2) is 4.98 Å². The third kappa shape index (κ3) is 4.49. The summed E-state index contributed by atoms with van der Waals surface area (Å²) < 4.78 is 1.53. The first kappa shape index (κ1) is 19.4. The van der Waals surface area contributed by atoms with Gasteiger partial charge < -0.3 is 26.8 Å². The van der Waals surface area contributed by atoms with Gasteiger partial charge in [0.2, 0.25) is 5.91 Å². The van der Waals surface area contributed by atoms with Crippen LogP contribution >= 0.6 is 0 Å². The fourth-order valence-corrected chi connectivity index (χ4v) is 2.66. The van der Waals surface area contributed by atoms with Gasteiger partial charge in [0, 0.05) is 30.9 Å². The molecule has 2 heterocycles. The van der Waals surface area contributed by atoms with Crippen molar-refractivity contribution < 1.29 is 9.90 Å². The van der Waals surface area contributed by atoms with Crippen molar-refractivity contribution in [3.8, 4) is 0 Å². The predicted octanol–water partition coefficient (Wildman–Crippen LogP) is 2.50. The molecule has 0 aliphatic heterocycles. The Balaban J connectivity index is 1.95.